The maximum Gasteiger partial charge on any atom is 0.307 e. The lowest BCUT2D eigenvalue weighted by Crippen LogP contribution is -2.39. The molecule has 20 heavy (non-hydrogen) atoms. The number of thioether (sulfide) groups is 1. The SMILES string of the molecule is CCNC(=NCC1(C)CCCS1)NCCC(=O)OC.I. The summed E-state index contributed by atoms with van der Waals surface area (Å²) in [5.74, 6) is 1.81. The highest BCUT2D eigenvalue weighted by Crippen LogP contribution is 2.37. The molecule has 0 aromatic rings. The third kappa shape index (κ3) is 7.56. The van der Waals surface area contributed by atoms with Gasteiger partial charge in [-0.15, -0.1) is 24.0 Å². The number of halogens is 1. The Morgan fingerprint density at radius 1 is 1.45 bits per heavy atom. The van der Waals surface area contributed by atoms with Gasteiger partial charge in [0, 0.05) is 17.8 Å². The van der Waals surface area contributed by atoms with Gasteiger partial charge in [-0.05, 0) is 32.4 Å². The van der Waals surface area contributed by atoms with Gasteiger partial charge in [0.25, 0.3) is 0 Å². The normalized spacial score (nSPS) is 22.1. The summed E-state index contributed by atoms with van der Waals surface area (Å²) < 4.78 is 4.88. The Morgan fingerprint density at radius 3 is 2.75 bits per heavy atom. The summed E-state index contributed by atoms with van der Waals surface area (Å²) in [4.78, 5) is 15.7. The van der Waals surface area contributed by atoms with E-state index in [9.17, 15) is 4.79 Å². The van der Waals surface area contributed by atoms with Crippen molar-refractivity contribution in [1.82, 2.24) is 10.6 Å². The zero-order valence-electron chi connectivity index (χ0n) is 12.5. The van der Waals surface area contributed by atoms with Crippen LogP contribution in [0.5, 0.6) is 0 Å². The third-order valence-electron chi connectivity index (χ3n) is 3.07. The number of rotatable bonds is 6. The van der Waals surface area contributed by atoms with Gasteiger partial charge in [-0.3, -0.25) is 9.79 Å². The van der Waals surface area contributed by atoms with Crippen LogP contribution in [0, 0.1) is 0 Å². The van der Waals surface area contributed by atoms with E-state index in [2.05, 4.69) is 27.3 Å². The molecule has 1 unspecified atom stereocenters. The molecule has 1 heterocycles. The molecule has 0 aromatic heterocycles. The summed E-state index contributed by atoms with van der Waals surface area (Å²) in [6.45, 7) is 6.47. The van der Waals surface area contributed by atoms with Gasteiger partial charge in [0.05, 0.1) is 20.1 Å². The lowest BCUT2D eigenvalue weighted by Gasteiger charge is -2.21. The van der Waals surface area contributed by atoms with E-state index in [0.717, 1.165) is 19.0 Å². The third-order valence-corrected chi connectivity index (χ3v) is 4.59. The summed E-state index contributed by atoms with van der Waals surface area (Å²) in [5.41, 5.74) is 0. The van der Waals surface area contributed by atoms with Crippen molar-refractivity contribution in [3.63, 3.8) is 0 Å². The number of carbonyl (C=O) groups is 1. The van der Waals surface area contributed by atoms with Crippen LogP contribution in [0.2, 0.25) is 0 Å². The first-order valence-corrected chi connectivity index (χ1v) is 7.81. The molecular weight excluding hydrogens is 389 g/mol. The molecule has 7 heteroatoms. The molecular formula is C13H26IN3O2S. The number of guanidine groups is 1. The molecule has 1 rings (SSSR count). The van der Waals surface area contributed by atoms with Gasteiger partial charge >= 0.3 is 5.97 Å². The Kier molecular flexibility index (Phi) is 10.4. The molecule has 0 spiro atoms. The Labute approximate surface area is 143 Å². The number of ether oxygens (including phenoxy) is 1. The van der Waals surface area contributed by atoms with Crippen molar-refractivity contribution in [2.75, 3.05) is 32.5 Å². The van der Waals surface area contributed by atoms with Gasteiger partial charge in [0.1, 0.15) is 0 Å². The van der Waals surface area contributed by atoms with E-state index in [0.29, 0.717) is 13.0 Å². The van der Waals surface area contributed by atoms with Crippen LogP contribution in [0.3, 0.4) is 0 Å². The fraction of sp³-hybridized carbons (Fsp3) is 0.846. The molecule has 0 radical (unpaired) electrons. The lowest BCUT2D eigenvalue weighted by atomic mass is 10.1. The Morgan fingerprint density at radius 2 is 2.20 bits per heavy atom. The van der Waals surface area contributed by atoms with Gasteiger partial charge in [0.15, 0.2) is 5.96 Å². The van der Waals surface area contributed by atoms with Crippen LogP contribution in [0.1, 0.15) is 33.1 Å². The highest BCUT2D eigenvalue weighted by molar-refractivity contribution is 14.0. The molecule has 118 valence electrons. The average molecular weight is 415 g/mol. The Hall–Kier alpha value is -0.180. The monoisotopic (exact) mass is 415 g/mol. The predicted molar refractivity (Wildman–Crippen MR) is 96.1 cm³/mol. The fourth-order valence-corrected chi connectivity index (χ4v) is 3.16. The average Bonchev–Trinajstić information content (AvgIpc) is 2.83. The second-order valence-corrected chi connectivity index (χ2v) is 6.53. The number of esters is 1. The maximum atomic E-state index is 11.0. The zero-order valence-corrected chi connectivity index (χ0v) is 15.7. The number of nitrogens with zero attached hydrogens (tertiary/aromatic N) is 1. The van der Waals surface area contributed by atoms with E-state index in [4.69, 9.17) is 0 Å². The van der Waals surface area contributed by atoms with Gasteiger partial charge in [-0.2, -0.15) is 11.8 Å². The first kappa shape index (κ1) is 19.8. The highest BCUT2D eigenvalue weighted by Gasteiger charge is 2.29. The van der Waals surface area contributed by atoms with Crippen molar-refractivity contribution in [2.45, 2.75) is 37.9 Å². The number of hydrogen-bond acceptors (Lipinski definition) is 4. The quantitative estimate of drug-likeness (QED) is 0.301. The molecule has 5 nitrogen and oxygen atoms in total. The molecule has 1 aliphatic rings. The van der Waals surface area contributed by atoms with Crippen molar-refractivity contribution < 1.29 is 9.53 Å². The van der Waals surface area contributed by atoms with E-state index >= 15 is 0 Å². The summed E-state index contributed by atoms with van der Waals surface area (Å²) in [5, 5.41) is 6.35. The number of hydrogen-bond donors (Lipinski definition) is 2. The van der Waals surface area contributed by atoms with Gasteiger partial charge < -0.3 is 15.4 Å². The highest BCUT2D eigenvalue weighted by atomic mass is 127. The van der Waals surface area contributed by atoms with Crippen LogP contribution in [-0.2, 0) is 9.53 Å². The maximum absolute atomic E-state index is 11.0. The minimum absolute atomic E-state index is 0. The van der Waals surface area contributed by atoms with Gasteiger partial charge in [-0.1, -0.05) is 0 Å². The second-order valence-electron chi connectivity index (χ2n) is 4.85. The van der Waals surface area contributed by atoms with E-state index in [1.165, 1.54) is 25.7 Å². The zero-order chi connectivity index (χ0) is 14.1. The van der Waals surface area contributed by atoms with Crippen molar-refractivity contribution in [2.24, 2.45) is 4.99 Å². The smallest absolute Gasteiger partial charge is 0.307 e. The minimum Gasteiger partial charge on any atom is -0.469 e. The topological polar surface area (TPSA) is 62.7 Å². The van der Waals surface area contributed by atoms with Crippen LogP contribution >= 0.6 is 35.7 Å². The van der Waals surface area contributed by atoms with Crippen LogP contribution in [0.4, 0.5) is 0 Å². The van der Waals surface area contributed by atoms with Crippen LogP contribution in [-0.4, -0.2) is 49.2 Å². The summed E-state index contributed by atoms with van der Waals surface area (Å²) in [6, 6.07) is 0. The molecule has 1 aliphatic heterocycles. The fourth-order valence-electron chi connectivity index (χ4n) is 1.93. The standard InChI is InChI=1S/C13H25N3O2S.HI/c1-4-14-12(15-8-6-11(17)18-3)16-10-13(2)7-5-9-19-13;/h4-10H2,1-3H3,(H2,14,15,16);1H. The minimum atomic E-state index is -0.207. The molecule has 2 N–H and O–H groups in total. The number of aliphatic imine (C=N–C) groups is 1. The lowest BCUT2D eigenvalue weighted by molar-refractivity contribution is -0.140. The van der Waals surface area contributed by atoms with Crippen LogP contribution in [0.15, 0.2) is 4.99 Å². The molecule has 1 saturated heterocycles. The molecule has 1 atom stereocenters. The number of methoxy groups -OCH3 is 1. The largest absolute Gasteiger partial charge is 0.469 e. The number of nitrogens with one attached hydrogen (secondary N) is 2. The van der Waals surface area contributed by atoms with E-state index in [1.807, 2.05) is 18.7 Å². The first-order valence-electron chi connectivity index (χ1n) is 6.82. The first-order chi connectivity index (χ1) is 9.09. The van der Waals surface area contributed by atoms with Crippen LogP contribution < -0.4 is 10.6 Å². The van der Waals surface area contributed by atoms with E-state index in [-0.39, 0.29) is 34.7 Å². The molecule has 0 aromatic carbocycles. The summed E-state index contributed by atoms with van der Waals surface area (Å²) in [7, 11) is 1.40. The predicted octanol–water partition coefficient (Wildman–Crippen LogP) is 2.01. The van der Waals surface area contributed by atoms with E-state index < -0.39 is 0 Å². The van der Waals surface area contributed by atoms with Crippen LogP contribution in [0.25, 0.3) is 0 Å². The summed E-state index contributed by atoms with van der Waals surface area (Å²) in [6.07, 6.45) is 2.86. The van der Waals surface area contributed by atoms with E-state index in [1.54, 1.807) is 0 Å². The molecule has 0 bridgehead atoms. The van der Waals surface area contributed by atoms with Crippen molar-refractivity contribution >= 4 is 47.7 Å². The van der Waals surface area contributed by atoms with Gasteiger partial charge in [0.2, 0.25) is 0 Å². The molecule has 0 saturated carbocycles. The Balaban J connectivity index is 0.00000361. The molecule has 0 aliphatic carbocycles. The molecule has 1 fully saturated rings. The summed E-state index contributed by atoms with van der Waals surface area (Å²) >= 11 is 2.00. The number of carbonyl (C=O) groups excluding carboxylic acids is 1. The Bertz CT molecular complexity index is 321. The second kappa shape index (κ2) is 10.5. The van der Waals surface area contributed by atoms with Crippen molar-refractivity contribution in [1.29, 1.82) is 0 Å². The van der Waals surface area contributed by atoms with Crippen molar-refractivity contribution in [3.8, 4) is 0 Å². The van der Waals surface area contributed by atoms with Gasteiger partial charge in [-0.25, -0.2) is 0 Å². The molecule has 0 amide bonds. The van der Waals surface area contributed by atoms with Crippen molar-refractivity contribution in [3.05, 3.63) is 0 Å².